The van der Waals surface area contributed by atoms with Gasteiger partial charge in [-0.05, 0) is 25.0 Å². The van der Waals surface area contributed by atoms with Crippen LogP contribution in [0.15, 0.2) is 48.5 Å². The Labute approximate surface area is 115 Å². The van der Waals surface area contributed by atoms with Gasteiger partial charge in [-0.15, -0.1) is 0 Å². The van der Waals surface area contributed by atoms with Crippen molar-refractivity contribution < 1.29 is 18.3 Å². The number of hydrogen-bond acceptors (Lipinski definition) is 1. The molecule has 0 amide bonds. The van der Waals surface area contributed by atoms with Gasteiger partial charge >= 0.3 is 6.18 Å². The molecule has 0 bridgehead atoms. The second-order valence-corrected chi connectivity index (χ2v) is 4.94. The van der Waals surface area contributed by atoms with Crippen LogP contribution in [0.1, 0.15) is 22.3 Å². The number of benzene rings is 2. The van der Waals surface area contributed by atoms with Gasteiger partial charge in [-0.2, -0.15) is 13.2 Å². The minimum atomic E-state index is -4.79. The summed E-state index contributed by atoms with van der Waals surface area (Å²) in [7, 11) is 0. The van der Waals surface area contributed by atoms with Gasteiger partial charge in [0.15, 0.2) is 0 Å². The molecule has 4 heteroatoms. The van der Waals surface area contributed by atoms with Gasteiger partial charge in [0.25, 0.3) is 0 Å². The molecule has 0 radical (unpaired) electrons. The molecule has 0 aliphatic rings. The van der Waals surface area contributed by atoms with Gasteiger partial charge in [0.05, 0.1) is 0 Å². The molecular formula is C16H15F3O. The predicted molar refractivity (Wildman–Crippen MR) is 71.4 cm³/mol. The molecule has 0 spiro atoms. The zero-order chi connectivity index (χ0) is 15.0. The van der Waals surface area contributed by atoms with E-state index in [1.807, 2.05) is 0 Å². The number of hydrogen-bond donors (Lipinski definition) is 1. The molecule has 2 aromatic carbocycles. The molecule has 106 valence electrons. The van der Waals surface area contributed by atoms with Crippen molar-refractivity contribution in [2.24, 2.45) is 0 Å². The first kappa shape index (κ1) is 14.6. The standard InChI is InChI=1S/C16H15F3O/c1-11-3-7-13(8-4-11)15(20,16(17,18)19)14-9-5-12(2)6-10-14/h3-10,20H,1-2H3. The van der Waals surface area contributed by atoms with Crippen LogP contribution in [0.2, 0.25) is 0 Å². The summed E-state index contributed by atoms with van der Waals surface area (Å²) in [4.78, 5) is 0. The molecule has 0 saturated carbocycles. The molecule has 0 aromatic heterocycles. The molecule has 0 heterocycles. The van der Waals surface area contributed by atoms with E-state index in [1.165, 1.54) is 24.3 Å². The van der Waals surface area contributed by atoms with Crippen molar-refractivity contribution in [3.05, 3.63) is 70.8 Å². The van der Waals surface area contributed by atoms with E-state index in [0.717, 1.165) is 11.1 Å². The average molecular weight is 280 g/mol. The van der Waals surface area contributed by atoms with Crippen LogP contribution in [0.4, 0.5) is 13.2 Å². The lowest BCUT2D eigenvalue weighted by Gasteiger charge is -2.31. The van der Waals surface area contributed by atoms with Crippen LogP contribution in [-0.2, 0) is 5.60 Å². The molecular weight excluding hydrogens is 265 g/mol. The Morgan fingerprint density at radius 2 is 1.00 bits per heavy atom. The van der Waals surface area contributed by atoms with Crippen molar-refractivity contribution in [2.45, 2.75) is 25.6 Å². The summed E-state index contributed by atoms with van der Waals surface area (Å²) >= 11 is 0. The molecule has 0 unspecified atom stereocenters. The summed E-state index contributed by atoms with van der Waals surface area (Å²) < 4.78 is 40.3. The highest BCUT2D eigenvalue weighted by Crippen LogP contribution is 2.44. The summed E-state index contributed by atoms with van der Waals surface area (Å²) in [5.74, 6) is 0. The molecule has 2 aromatic rings. The van der Waals surface area contributed by atoms with Crippen molar-refractivity contribution in [3.8, 4) is 0 Å². The second kappa shape index (κ2) is 4.94. The number of halogens is 3. The van der Waals surface area contributed by atoms with E-state index in [0.29, 0.717) is 0 Å². The monoisotopic (exact) mass is 280 g/mol. The molecule has 0 atom stereocenters. The molecule has 1 N–H and O–H groups in total. The van der Waals surface area contributed by atoms with Crippen molar-refractivity contribution in [1.29, 1.82) is 0 Å². The largest absolute Gasteiger partial charge is 0.425 e. The van der Waals surface area contributed by atoms with Crippen LogP contribution in [-0.4, -0.2) is 11.3 Å². The molecule has 20 heavy (non-hydrogen) atoms. The van der Waals surface area contributed by atoms with Crippen molar-refractivity contribution in [2.75, 3.05) is 0 Å². The molecule has 1 nitrogen and oxygen atoms in total. The van der Waals surface area contributed by atoms with E-state index < -0.39 is 11.8 Å². The van der Waals surface area contributed by atoms with E-state index in [-0.39, 0.29) is 11.1 Å². The minimum absolute atomic E-state index is 0.181. The highest BCUT2D eigenvalue weighted by atomic mass is 19.4. The highest BCUT2D eigenvalue weighted by molar-refractivity contribution is 5.40. The maximum absolute atomic E-state index is 13.4. The van der Waals surface area contributed by atoms with Crippen LogP contribution in [0.5, 0.6) is 0 Å². The Hall–Kier alpha value is -1.81. The molecule has 2 rings (SSSR count). The lowest BCUT2D eigenvalue weighted by atomic mass is 9.85. The second-order valence-electron chi connectivity index (χ2n) is 4.94. The number of rotatable bonds is 2. The molecule has 0 fully saturated rings. The first-order valence-electron chi connectivity index (χ1n) is 6.18. The van der Waals surface area contributed by atoms with Crippen molar-refractivity contribution in [1.82, 2.24) is 0 Å². The van der Waals surface area contributed by atoms with E-state index in [4.69, 9.17) is 0 Å². The highest BCUT2D eigenvalue weighted by Gasteiger charge is 2.56. The third kappa shape index (κ3) is 2.43. The third-order valence-corrected chi connectivity index (χ3v) is 3.35. The van der Waals surface area contributed by atoms with Gasteiger partial charge in [-0.25, -0.2) is 0 Å². The maximum atomic E-state index is 13.4. The number of aliphatic hydroxyl groups is 1. The van der Waals surface area contributed by atoms with Gasteiger partial charge in [-0.3, -0.25) is 0 Å². The molecule has 0 saturated heterocycles. The Morgan fingerprint density at radius 3 is 1.25 bits per heavy atom. The van der Waals surface area contributed by atoms with Crippen molar-refractivity contribution in [3.63, 3.8) is 0 Å². The van der Waals surface area contributed by atoms with Gasteiger partial charge in [0.1, 0.15) is 0 Å². The van der Waals surface area contributed by atoms with Gasteiger partial charge in [-0.1, -0.05) is 59.7 Å². The Morgan fingerprint density at radius 1 is 0.700 bits per heavy atom. The third-order valence-electron chi connectivity index (χ3n) is 3.35. The lowest BCUT2D eigenvalue weighted by Crippen LogP contribution is -2.43. The zero-order valence-corrected chi connectivity index (χ0v) is 11.2. The van der Waals surface area contributed by atoms with Gasteiger partial charge in [0, 0.05) is 0 Å². The maximum Gasteiger partial charge on any atom is 0.425 e. The topological polar surface area (TPSA) is 20.2 Å². The number of alkyl halides is 3. The Bertz CT molecular complexity index is 537. The number of aryl methyl sites for hydroxylation is 2. The average Bonchev–Trinajstić information content (AvgIpc) is 2.38. The van der Waals surface area contributed by atoms with Crippen LogP contribution in [0.25, 0.3) is 0 Å². The lowest BCUT2D eigenvalue weighted by molar-refractivity contribution is -0.248. The van der Waals surface area contributed by atoms with E-state index in [2.05, 4.69) is 0 Å². The van der Waals surface area contributed by atoms with Gasteiger partial charge < -0.3 is 5.11 Å². The Balaban J connectivity index is 2.62. The fourth-order valence-corrected chi connectivity index (χ4v) is 2.08. The van der Waals surface area contributed by atoms with Gasteiger partial charge in [0.2, 0.25) is 5.60 Å². The normalized spacial score (nSPS) is 12.5. The van der Waals surface area contributed by atoms with Crippen LogP contribution in [0.3, 0.4) is 0 Å². The molecule has 0 aliphatic heterocycles. The SMILES string of the molecule is Cc1ccc(C(O)(c2ccc(C)cc2)C(F)(F)F)cc1. The van der Waals surface area contributed by atoms with E-state index >= 15 is 0 Å². The van der Waals surface area contributed by atoms with Crippen molar-refractivity contribution >= 4 is 0 Å². The van der Waals surface area contributed by atoms with Crippen LogP contribution >= 0.6 is 0 Å². The quantitative estimate of drug-likeness (QED) is 0.878. The summed E-state index contributed by atoms with van der Waals surface area (Å²) in [6.07, 6.45) is -4.79. The van der Waals surface area contributed by atoms with Crippen LogP contribution < -0.4 is 0 Å². The summed E-state index contributed by atoms with van der Waals surface area (Å²) in [5, 5.41) is 10.3. The summed E-state index contributed by atoms with van der Waals surface area (Å²) in [5.41, 5.74) is -1.68. The fraction of sp³-hybridized carbons (Fsp3) is 0.250. The van der Waals surface area contributed by atoms with E-state index in [1.54, 1.807) is 38.1 Å². The summed E-state index contributed by atoms with van der Waals surface area (Å²) in [6.45, 7) is 3.56. The Kier molecular flexibility index (Phi) is 3.61. The minimum Gasteiger partial charge on any atom is -0.372 e. The predicted octanol–water partition coefficient (Wildman–Crippen LogP) is 4.10. The smallest absolute Gasteiger partial charge is 0.372 e. The summed E-state index contributed by atoms with van der Waals surface area (Å²) in [6, 6.07) is 11.5. The first-order valence-corrected chi connectivity index (χ1v) is 6.18. The fourth-order valence-electron chi connectivity index (χ4n) is 2.08. The van der Waals surface area contributed by atoms with Crippen LogP contribution in [0, 0.1) is 13.8 Å². The van der Waals surface area contributed by atoms with E-state index in [9.17, 15) is 18.3 Å². The molecule has 0 aliphatic carbocycles. The zero-order valence-electron chi connectivity index (χ0n) is 11.2. The first-order chi connectivity index (χ1) is 9.25.